The van der Waals surface area contributed by atoms with Crippen LogP contribution in [0.25, 0.3) is 0 Å². The second kappa shape index (κ2) is 3.94. The van der Waals surface area contributed by atoms with Gasteiger partial charge in [-0.25, -0.2) is 0 Å². The largest absolute Gasteiger partial charge is 0.377 e. The van der Waals surface area contributed by atoms with Crippen LogP contribution in [-0.2, 0) is 9.53 Å². The van der Waals surface area contributed by atoms with Gasteiger partial charge in [-0.05, 0) is 18.8 Å². The molecule has 102 valence electrons. The average Bonchev–Trinajstić information content (AvgIpc) is 3.02. The number of hydrogen-bond donors (Lipinski definition) is 2. The molecule has 2 saturated carbocycles. The molecular formula is C14H24N2O2. The van der Waals surface area contributed by atoms with Crippen LogP contribution in [0.2, 0.25) is 0 Å². The Balaban J connectivity index is 1.63. The van der Waals surface area contributed by atoms with Crippen molar-refractivity contribution in [1.82, 2.24) is 5.32 Å². The highest BCUT2D eigenvalue weighted by molar-refractivity contribution is 5.89. The molecule has 1 amide bonds. The van der Waals surface area contributed by atoms with Gasteiger partial charge >= 0.3 is 0 Å². The van der Waals surface area contributed by atoms with Crippen molar-refractivity contribution in [3.05, 3.63) is 0 Å². The number of carbonyl (C=O) groups is 1. The predicted molar refractivity (Wildman–Crippen MR) is 68.9 cm³/mol. The predicted octanol–water partition coefficient (Wildman–Crippen LogP) is 1.05. The molecule has 3 unspecified atom stereocenters. The Hall–Kier alpha value is -0.610. The van der Waals surface area contributed by atoms with Gasteiger partial charge in [0, 0.05) is 24.5 Å². The van der Waals surface area contributed by atoms with E-state index in [0.29, 0.717) is 0 Å². The molecule has 3 atom stereocenters. The van der Waals surface area contributed by atoms with Crippen molar-refractivity contribution < 1.29 is 9.53 Å². The number of carbonyl (C=O) groups excluding carboxylic acids is 1. The highest BCUT2D eigenvalue weighted by atomic mass is 16.5. The van der Waals surface area contributed by atoms with Gasteiger partial charge in [-0.1, -0.05) is 26.7 Å². The molecular weight excluding hydrogens is 228 g/mol. The first-order valence-corrected chi connectivity index (χ1v) is 7.16. The van der Waals surface area contributed by atoms with Crippen molar-refractivity contribution in [3.63, 3.8) is 0 Å². The highest BCUT2D eigenvalue weighted by Crippen LogP contribution is 2.58. The standard InChI is InChI=1S/C14H24N2O2/c1-13(2)11-10(6-8-18-11)14(13,15)12(17)16-7-5-9-3-4-9/h9-11H,3-8,15H2,1-2H3,(H,16,17). The molecule has 3 rings (SSSR count). The maximum Gasteiger partial charge on any atom is 0.241 e. The summed E-state index contributed by atoms with van der Waals surface area (Å²) in [6, 6.07) is 0. The van der Waals surface area contributed by atoms with E-state index >= 15 is 0 Å². The Morgan fingerprint density at radius 1 is 1.39 bits per heavy atom. The van der Waals surface area contributed by atoms with Crippen LogP contribution >= 0.6 is 0 Å². The lowest BCUT2D eigenvalue weighted by Crippen LogP contribution is -2.80. The number of rotatable bonds is 4. The zero-order valence-electron chi connectivity index (χ0n) is 11.4. The summed E-state index contributed by atoms with van der Waals surface area (Å²) in [5.74, 6) is 1.07. The highest BCUT2D eigenvalue weighted by Gasteiger charge is 2.71. The number of hydrogen-bond acceptors (Lipinski definition) is 3. The lowest BCUT2D eigenvalue weighted by atomic mass is 9.48. The summed E-state index contributed by atoms with van der Waals surface area (Å²) in [6.07, 6.45) is 4.84. The average molecular weight is 252 g/mol. The van der Waals surface area contributed by atoms with Gasteiger partial charge in [0.25, 0.3) is 0 Å². The summed E-state index contributed by atoms with van der Waals surface area (Å²) in [5.41, 5.74) is 5.46. The van der Waals surface area contributed by atoms with Crippen LogP contribution in [0, 0.1) is 17.3 Å². The Kier molecular flexibility index (Phi) is 2.72. The molecule has 4 heteroatoms. The smallest absolute Gasteiger partial charge is 0.241 e. The Labute approximate surface area is 109 Å². The molecule has 0 bridgehead atoms. The van der Waals surface area contributed by atoms with E-state index in [4.69, 9.17) is 10.5 Å². The molecule has 1 aliphatic heterocycles. The normalized spacial score (nSPS) is 41.1. The monoisotopic (exact) mass is 252 g/mol. The molecule has 0 aromatic carbocycles. The van der Waals surface area contributed by atoms with E-state index in [1.165, 1.54) is 12.8 Å². The molecule has 3 N–H and O–H groups in total. The number of nitrogens with one attached hydrogen (secondary N) is 1. The molecule has 3 aliphatic rings. The molecule has 0 radical (unpaired) electrons. The topological polar surface area (TPSA) is 64.3 Å². The van der Waals surface area contributed by atoms with Crippen molar-refractivity contribution in [3.8, 4) is 0 Å². The molecule has 18 heavy (non-hydrogen) atoms. The van der Waals surface area contributed by atoms with Crippen LogP contribution in [0.15, 0.2) is 0 Å². The second-order valence-corrected chi connectivity index (χ2v) is 6.77. The van der Waals surface area contributed by atoms with Crippen molar-refractivity contribution in [2.45, 2.75) is 51.2 Å². The summed E-state index contributed by atoms with van der Waals surface area (Å²) in [4.78, 5) is 12.4. The van der Waals surface area contributed by atoms with E-state index in [9.17, 15) is 4.79 Å². The fourth-order valence-corrected chi connectivity index (χ4v) is 3.79. The second-order valence-electron chi connectivity index (χ2n) is 6.77. The van der Waals surface area contributed by atoms with Gasteiger partial charge in [-0.15, -0.1) is 0 Å². The van der Waals surface area contributed by atoms with Crippen molar-refractivity contribution in [2.75, 3.05) is 13.2 Å². The van der Waals surface area contributed by atoms with Gasteiger partial charge in [0.05, 0.1) is 6.10 Å². The summed E-state index contributed by atoms with van der Waals surface area (Å²) in [6.45, 7) is 5.63. The van der Waals surface area contributed by atoms with Crippen molar-refractivity contribution in [1.29, 1.82) is 0 Å². The number of ether oxygens (including phenoxy) is 1. The van der Waals surface area contributed by atoms with Gasteiger partial charge in [-0.3, -0.25) is 4.79 Å². The van der Waals surface area contributed by atoms with E-state index in [1.54, 1.807) is 0 Å². The third-order valence-electron chi connectivity index (χ3n) is 5.36. The third kappa shape index (κ3) is 1.55. The quantitative estimate of drug-likeness (QED) is 0.786. The van der Waals surface area contributed by atoms with Crippen LogP contribution in [-0.4, -0.2) is 30.7 Å². The minimum Gasteiger partial charge on any atom is -0.377 e. The van der Waals surface area contributed by atoms with Crippen LogP contribution < -0.4 is 11.1 Å². The van der Waals surface area contributed by atoms with E-state index in [-0.39, 0.29) is 23.3 Å². The van der Waals surface area contributed by atoms with Gasteiger partial charge in [0.1, 0.15) is 5.54 Å². The van der Waals surface area contributed by atoms with Crippen molar-refractivity contribution >= 4 is 5.91 Å². The number of amides is 1. The first-order valence-electron chi connectivity index (χ1n) is 7.16. The van der Waals surface area contributed by atoms with Crippen LogP contribution in [0.5, 0.6) is 0 Å². The fraction of sp³-hybridized carbons (Fsp3) is 0.929. The summed E-state index contributed by atoms with van der Waals surface area (Å²) in [5, 5.41) is 3.05. The van der Waals surface area contributed by atoms with E-state index in [2.05, 4.69) is 19.2 Å². The SMILES string of the molecule is CC1(C)C2OCCC2C1(N)C(=O)NCCC1CC1. The van der Waals surface area contributed by atoms with Crippen LogP contribution in [0.3, 0.4) is 0 Å². The first kappa shape index (κ1) is 12.4. The van der Waals surface area contributed by atoms with Gasteiger partial charge < -0.3 is 15.8 Å². The molecule has 2 aliphatic carbocycles. The lowest BCUT2D eigenvalue weighted by Gasteiger charge is -2.60. The molecule has 3 fully saturated rings. The van der Waals surface area contributed by atoms with Crippen molar-refractivity contribution in [2.24, 2.45) is 23.0 Å². The summed E-state index contributed by atoms with van der Waals surface area (Å²) >= 11 is 0. The van der Waals surface area contributed by atoms with Gasteiger partial charge in [-0.2, -0.15) is 0 Å². The zero-order valence-corrected chi connectivity index (χ0v) is 11.4. The zero-order chi connectivity index (χ0) is 13.0. The molecule has 0 aromatic heterocycles. The summed E-state index contributed by atoms with van der Waals surface area (Å²) < 4.78 is 5.71. The molecule has 1 saturated heterocycles. The first-order chi connectivity index (χ1) is 8.48. The fourth-order valence-electron chi connectivity index (χ4n) is 3.79. The minimum absolute atomic E-state index is 0.0277. The maximum absolute atomic E-state index is 12.4. The Morgan fingerprint density at radius 2 is 2.11 bits per heavy atom. The Morgan fingerprint density at radius 3 is 2.78 bits per heavy atom. The van der Waals surface area contributed by atoms with E-state index < -0.39 is 5.54 Å². The van der Waals surface area contributed by atoms with E-state index in [1.807, 2.05) is 0 Å². The molecule has 4 nitrogen and oxygen atoms in total. The third-order valence-corrected chi connectivity index (χ3v) is 5.36. The van der Waals surface area contributed by atoms with Gasteiger partial charge in [0.2, 0.25) is 5.91 Å². The molecule has 0 aromatic rings. The lowest BCUT2D eigenvalue weighted by molar-refractivity contribution is -0.175. The van der Waals surface area contributed by atoms with Gasteiger partial charge in [0.15, 0.2) is 0 Å². The molecule has 0 spiro atoms. The van der Waals surface area contributed by atoms with E-state index in [0.717, 1.165) is 31.9 Å². The minimum atomic E-state index is -0.738. The van der Waals surface area contributed by atoms with Crippen LogP contribution in [0.4, 0.5) is 0 Å². The number of nitrogens with two attached hydrogens (primary N) is 1. The Bertz CT molecular complexity index is 365. The number of fused-ring (bicyclic) bond motifs is 1. The maximum atomic E-state index is 12.4. The molecule has 1 heterocycles. The summed E-state index contributed by atoms with van der Waals surface area (Å²) in [7, 11) is 0. The van der Waals surface area contributed by atoms with Crippen LogP contribution in [0.1, 0.15) is 39.5 Å².